The maximum atomic E-state index is 12.7. The molecule has 17 heavy (non-hydrogen) atoms. The van der Waals surface area contributed by atoms with E-state index in [1.807, 2.05) is 0 Å². The van der Waals surface area contributed by atoms with Crippen LogP contribution in [-0.2, 0) is 0 Å². The van der Waals surface area contributed by atoms with E-state index in [0.717, 1.165) is 0 Å². The minimum absolute atomic E-state index is 0.0598. The van der Waals surface area contributed by atoms with Crippen LogP contribution >= 0.6 is 0 Å². The maximum Gasteiger partial charge on any atom is 0.409 e. The third-order valence-electron chi connectivity index (χ3n) is 2.25. The van der Waals surface area contributed by atoms with Gasteiger partial charge < -0.3 is 9.47 Å². The predicted octanol–water partition coefficient (Wildman–Crippen LogP) is 1.77. The van der Waals surface area contributed by atoms with Crippen molar-refractivity contribution in [2.24, 2.45) is 5.84 Å². The molecule has 7 heteroatoms. The Morgan fingerprint density at radius 1 is 1.24 bits per heavy atom. The number of alkyl halides is 3. The van der Waals surface area contributed by atoms with Gasteiger partial charge in [-0.15, -0.1) is 0 Å². The second-order valence-electron chi connectivity index (χ2n) is 3.25. The standard InChI is InChI=1S/C10H13F3N2O2/c1-16-6-3-4-7(8(5-6)17-2)9(15-14)10(11,12)13/h3-5,9,15H,14H2,1-2H3. The van der Waals surface area contributed by atoms with Crippen LogP contribution in [0.2, 0.25) is 0 Å². The SMILES string of the molecule is COc1ccc(C(NN)C(F)(F)F)c(OC)c1. The molecule has 0 aliphatic carbocycles. The first-order valence-electron chi connectivity index (χ1n) is 4.68. The Morgan fingerprint density at radius 2 is 1.88 bits per heavy atom. The Bertz CT molecular complexity index is 382. The van der Waals surface area contributed by atoms with E-state index in [9.17, 15) is 13.2 Å². The summed E-state index contributed by atoms with van der Waals surface area (Å²) < 4.78 is 47.8. The van der Waals surface area contributed by atoms with E-state index in [0.29, 0.717) is 5.75 Å². The Hall–Kier alpha value is -1.47. The van der Waals surface area contributed by atoms with Gasteiger partial charge in [-0.25, -0.2) is 5.43 Å². The number of halogens is 3. The fourth-order valence-corrected chi connectivity index (χ4v) is 1.42. The third-order valence-corrected chi connectivity index (χ3v) is 2.25. The van der Waals surface area contributed by atoms with Crippen molar-refractivity contribution < 1.29 is 22.6 Å². The van der Waals surface area contributed by atoms with Gasteiger partial charge in [-0.2, -0.15) is 13.2 Å². The summed E-state index contributed by atoms with van der Waals surface area (Å²) in [5.41, 5.74) is 1.63. The number of hydrogen-bond donors (Lipinski definition) is 2. The molecule has 0 amide bonds. The van der Waals surface area contributed by atoms with E-state index < -0.39 is 12.2 Å². The van der Waals surface area contributed by atoms with Crippen LogP contribution in [0, 0.1) is 0 Å². The van der Waals surface area contributed by atoms with Crippen molar-refractivity contribution in [1.82, 2.24) is 5.43 Å². The Kier molecular flexibility index (Phi) is 4.19. The highest BCUT2D eigenvalue weighted by Crippen LogP contribution is 2.38. The molecule has 0 radical (unpaired) electrons. The molecule has 4 nitrogen and oxygen atoms in total. The van der Waals surface area contributed by atoms with Crippen molar-refractivity contribution in [3.63, 3.8) is 0 Å². The molecule has 0 fully saturated rings. The van der Waals surface area contributed by atoms with Crippen molar-refractivity contribution in [2.45, 2.75) is 12.2 Å². The van der Waals surface area contributed by atoms with Gasteiger partial charge in [0.1, 0.15) is 17.5 Å². The van der Waals surface area contributed by atoms with Gasteiger partial charge in [0.25, 0.3) is 0 Å². The first-order chi connectivity index (χ1) is 7.93. The van der Waals surface area contributed by atoms with Crippen LogP contribution in [0.4, 0.5) is 13.2 Å². The highest BCUT2D eigenvalue weighted by atomic mass is 19.4. The lowest BCUT2D eigenvalue weighted by Crippen LogP contribution is -2.38. The summed E-state index contributed by atoms with van der Waals surface area (Å²) in [6.07, 6.45) is -4.50. The number of hydrogen-bond acceptors (Lipinski definition) is 4. The van der Waals surface area contributed by atoms with Crippen LogP contribution in [0.3, 0.4) is 0 Å². The summed E-state index contributed by atoms with van der Waals surface area (Å²) in [6.45, 7) is 0. The monoisotopic (exact) mass is 250 g/mol. The van der Waals surface area contributed by atoms with Crippen LogP contribution in [0.25, 0.3) is 0 Å². The van der Waals surface area contributed by atoms with Crippen molar-refractivity contribution in [2.75, 3.05) is 14.2 Å². The van der Waals surface area contributed by atoms with Crippen LogP contribution in [-0.4, -0.2) is 20.4 Å². The number of benzene rings is 1. The molecule has 0 aliphatic heterocycles. The molecule has 1 unspecified atom stereocenters. The summed E-state index contributed by atoms with van der Waals surface area (Å²) in [6, 6.07) is 2.05. The van der Waals surface area contributed by atoms with E-state index in [-0.39, 0.29) is 11.3 Å². The number of nitrogens with two attached hydrogens (primary N) is 1. The van der Waals surface area contributed by atoms with Gasteiger partial charge in [0.15, 0.2) is 0 Å². The zero-order valence-corrected chi connectivity index (χ0v) is 9.34. The third kappa shape index (κ3) is 3.01. The molecular weight excluding hydrogens is 237 g/mol. The minimum atomic E-state index is -4.50. The maximum absolute atomic E-state index is 12.7. The van der Waals surface area contributed by atoms with E-state index in [4.69, 9.17) is 15.3 Å². The molecule has 1 aromatic rings. The van der Waals surface area contributed by atoms with Crippen molar-refractivity contribution in [3.05, 3.63) is 23.8 Å². The highest BCUT2D eigenvalue weighted by Gasteiger charge is 2.41. The molecule has 0 saturated heterocycles. The zero-order chi connectivity index (χ0) is 13.1. The average Bonchev–Trinajstić information content (AvgIpc) is 2.28. The van der Waals surface area contributed by atoms with Gasteiger partial charge in [-0.05, 0) is 12.1 Å². The van der Waals surface area contributed by atoms with Gasteiger partial charge in [0.05, 0.1) is 14.2 Å². The molecule has 0 saturated carbocycles. The second-order valence-corrected chi connectivity index (χ2v) is 3.25. The molecule has 0 heterocycles. The summed E-state index contributed by atoms with van der Waals surface area (Å²) in [5, 5.41) is 0. The summed E-state index contributed by atoms with van der Waals surface area (Å²) >= 11 is 0. The zero-order valence-electron chi connectivity index (χ0n) is 9.34. The van der Waals surface area contributed by atoms with Crippen LogP contribution < -0.4 is 20.7 Å². The molecule has 96 valence electrons. The molecule has 0 spiro atoms. The normalized spacial score (nSPS) is 13.3. The largest absolute Gasteiger partial charge is 0.497 e. The van der Waals surface area contributed by atoms with Crippen molar-refractivity contribution in [1.29, 1.82) is 0 Å². The van der Waals surface area contributed by atoms with Crippen molar-refractivity contribution >= 4 is 0 Å². The van der Waals surface area contributed by atoms with E-state index in [1.165, 1.54) is 32.4 Å². The molecule has 1 rings (SSSR count). The first-order valence-corrected chi connectivity index (χ1v) is 4.68. The number of ether oxygens (including phenoxy) is 2. The molecule has 1 aromatic carbocycles. The second kappa shape index (κ2) is 5.24. The molecule has 3 N–H and O–H groups in total. The summed E-state index contributed by atoms with van der Waals surface area (Å²) in [7, 11) is 2.69. The summed E-state index contributed by atoms with van der Waals surface area (Å²) in [4.78, 5) is 0. The van der Waals surface area contributed by atoms with Gasteiger partial charge in [-0.1, -0.05) is 0 Å². The van der Waals surface area contributed by atoms with Crippen LogP contribution in [0.5, 0.6) is 11.5 Å². The molecule has 0 aliphatic rings. The van der Waals surface area contributed by atoms with Crippen LogP contribution in [0.1, 0.15) is 11.6 Å². The van der Waals surface area contributed by atoms with E-state index in [2.05, 4.69) is 0 Å². The fraction of sp³-hybridized carbons (Fsp3) is 0.400. The number of methoxy groups -OCH3 is 2. The van der Waals surface area contributed by atoms with Gasteiger partial charge >= 0.3 is 6.18 Å². The topological polar surface area (TPSA) is 56.5 Å². The Morgan fingerprint density at radius 3 is 2.29 bits per heavy atom. The number of nitrogens with one attached hydrogen (secondary N) is 1. The first kappa shape index (κ1) is 13.6. The average molecular weight is 250 g/mol. The lowest BCUT2D eigenvalue weighted by molar-refractivity contribution is -0.158. The van der Waals surface area contributed by atoms with Crippen LogP contribution in [0.15, 0.2) is 18.2 Å². The van der Waals surface area contributed by atoms with Gasteiger partial charge in [0, 0.05) is 11.6 Å². The van der Waals surface area contributed by atoms with E-state index >= 15 is 0 Å². The Labute approximate surface area is 96.5 Å². The highest BCUT2D eigenvalue weighted by molar-refractivity contribution is 5.43. The quantitative estimate of drug-likeness (QED) is 0.631. The minimum Gasteiger partial charge on any atom is -0.497 e. The number of hydrazine groups is 1. The summed E-state index contributed by atoms with van der Waals surface area (Å²) in [5.74, 6) is 5.39. The molecule has 0 bridgehead atoms. The molecule has 0 aromatic heterocycles. The smallest absolute Gasteiger partial charge is 0.409 e. The van der Waals surface area contributed by atoms with Gasteiger partial charge in [0.2, 0.25) is 0 Å². The van der Waals surface area contributed by atoms with Gasteiger partial charge in [-0.3, -0.25) is 5.84 Å². The number of rotatable bonds is 4. The fourth-order valence-electron chi connectivity index (χ4n) is 1.42. The van der Waals surface area contributed by atoms with E-state index in [1.54, 1.807) is 5.43 Å². The lowest BCUT2D eigenvalue weighted by Gasteiger charge is -2.21. The molecule has 1 atom stereocenters. The Balaban J connectivity index is 3.20. The lowest BCUT2D eigenvalue weighted by atomic mass is 10.1. The predicted molar refractivity (Wildman–Crippen MR) is 55.7 cm³/mol. The molecular formula is C10H13F3N2O2. The van der Waals surface area contributed by atoms with Crippen molar-refractivity contribution in [3.8, 4) is 11.5 Å².